The van der Waals surface area contributed by atoms with Gasteiger partial charge in [0, 0.05) is 30.9 Å². The highest BCUT2D eigenvalue weighted by atomic mass is 32.1. The molecule has 0 saturated carbocycles. The zero-order valence-electron chi connectivity index (χ0n) is 11.8. The number of rotatable bonds is 4. The van der Waals surface area contributed by atoms with Gasteiger partial charge in [0.25, 0.3) is 5.91 Å². The number of hydrogen-bond donors (Lipinski definition) is 2. The van der Waals surface area contributed by atoms with Crippen LogP contribution in [0.1, 0.15) is 36.5 Å². The lowest BCUT2D eigenvalue weighted by Crippen LogP contribution is -2.29. The van der Waals surface area contributed by atoms with Gasteiger partial charge in [-0.1, -0.05) is 6.92 Å². The summed E-state index contributed by atoms with van der Waals surface area (Å²) in [4.78, 5) is 14.1. The van der Waals surface area contributed by atoms with Crippen LogP contribution in [0.3, 0.4) is 0 Å². The van der Waals surface area contributed by atoms with Crippen molar-refractivity contribution in [3.8, 4) is 0 Å². The number of thiocarbonyl (C=S) groups is 1. The summed E-state index contributed by atoms with van der Waals surface area (Å²) in [5, 5.41) is 6.83. The van der Waals surface area contributed by atoms with Crippen molar-refractivity contribution in [2.75, 3.05) is 25.0 Å². The number of nitrogens with zero attached hydrogens (tertiary/aromatic N) is 1. The Bertz CT molecular complexity index is 467. The monoisotopic (exact) mass is 291 g/mol. The topological polar surface area (TPSA) is 44.4 Å². The molecule has 0 radical (unpaired) electrons. The Morgan fingerprint density at radius 1 is 1.25 bits per heavy atom. The minimum absolute atomic E-state index is 0.126. The molecule has 1 fully saturated rings. The first kappa shape index (κ1) is 14.8. The number of hydrogen-bond acceptors (Lipinski definition) is 2. The maximum Gasteiger partial charge on any atom is 0.253 e. The number of carbonyl (C=O) groups is 1. The van der Waals surface area contributed by atoms with Crippen LogP contribution in [0.2, 0.25) is 0 Å². The van der Waals surface area contributed by atoms with Crippen LogP contribution in [0.15, 0.2) is 24.3 Å². The lowest BCUT2D eigenvalue weighted by Gasteiger charge is -2.15. The largest absolute Gasteiger partial charge is 0.362 e. The first-order valence-electron chi connectivity index (χ1n) is 7.15. The number of nitrogens with one attached hydrogen (secondary N) is 2. The second-order valence-corrected chi connectivity index (χ2v) is 5.37. The zero-order valence-corrected chi connectivity index (χ0v) is 12.6. The molecule has 2 rings (SSSR count). The van der Waals surface area contributed by atoms with Gasteiger partial charge in [0.1, 0.15) is 0 Å². The highest BCUT2D eigenvalue weighted by molar-refractivity contribution is 7.80. The summed E-state index contributed by atoms with van der Waals surface area (Å²) in [5.74, 6) is 0.126. The molecule has 1 heterocycles. The van der Waals surface area contributed by atoms with Crippen molar-refractivity contribution in [3.05, 3.63) is 29.8 Å². The van der Waals surface area contributed by atoms with Gasteiger partial charge in [-0.15, -0.1) is 0 Å². The van der Waals surface area contributed by atoms with Crippen LogP contribution in [0, 0.1) is 0 Å². The van der Waals surface area contributed by atoms with E-state index < -0.39 is 0 Å². The fourth-order valence-corrected chi connectivity index (χ4v) is 2.43. The molecule has 0 aromatic heterocycles. The van der Waals surface area contributed by atoms with E-state index in [0.717, 1.165) is 50.1 Å². The molecule has 1 saturated heterocycles. The van der Waals surface area contributed by atoms with E-state index in [9.17, 15) is 4.79 Å². The van der Waals surface area contributed by atoms with Crippen LogP contribution in [-0.4, -0.2) is 35.6 Å². The minimum Gasteiger partial charge on any atom is -0.362 e. The average molecular weight is 291 g/mol. The summed E-state index contributed by atoms with van der Waals surface area (Å²) in [6.45, 7) is 4.71. The molecule has 0 unspecified atom stereocenters. The smallest absolute Gasteiger partial charge is 0.253 e. The van der Waals surface area contributed by atoms with E-state index in [1.807, 2.05) is 29.2 Å². The van der Waals surface area contributed by atoms with Crippen molar-refractivity contribution in [3.63, 3.8) is 0 Å². The van der Waals surface area contributed by atoms with Crippen LogP contribution in [0.25, 0.3) is 0 Å². The molecule has 1 aliphatic rings. The SMILES string of the molecule is CCCNC(=S)Nc1ccc(C(=O)N2CCCC2)cc1. The van der Waals surface area contributed by atoms with Crippen molar-refractivity contribution < 1.29 is 4.79 Å². The average Bonchev–Trinajstić information content (AvgIpc) is 2.99. The predicted octanol–water partition coefficient (Wildman–Crippen LogP) is 2.62. The van der Waals surface area contributed by atoms with E-state index in [-0.39, 0.29) is 5.91 Å². The number of carbonyl (C=O) groups excluding carboxylic acids is 1. The van der Waals surface area contributed by atoms with Gasteiger partial charge in [-0.2, -0.15) is 0 Å². The summed E-state index contributed by atoms with van der Waals surface area (Å²) in [6, 6.07) is 7.49. The van der Waals surface area contributed by atoms with Crippen LogP contribution >= 0.6 is 12.2 Å². The van der Waals surface area contributed by atoms with Gasteiger partial charge in [-0.3, -0.25) is 4.79 Å². The van der Waals surface area contributed by atoms with Crippen molar-refractivity contribution in [1.29, 1.82) is 0 Å². The minimum atomic E-state index is 0.126. The summed E-state index contributed by atoms with van der Waals surface area (Å²) < 4.78 is 0. The Kier molecular flexibility index (Phi) is 5.35. The number of anilines is 1. The molecule has 1 aliphatic heterocycles. The third-order valence-electron chi connectivity index (χ3n) is 3.32. The Morgan fingerprint density at radius 2 is 1.90 bits per heavy atom. The lowest BCUT2D eigenvalue weighted by atomic mass is 10.2. The Balaban J connectivity index is 1.92. The van der Waals surface area contributed by atoms with Gasteiger partial charge in [-0.25, -0.2) is 0 Å². The molecule has 5 heteroatoms. The number of amides is 1. The predicted molar refractivity (Wildman–Crippen MR) is 86.1 cm³/mol. The quantitative estimate of drug-likeness (QED) is 0.837. The number of benzene rings is 1. The third-order valence-corrected chi connectivity index (χ3v) is 3.56. The van der Waals surface area contributed by atoms with Gasteiger partial charge in [-0.05, 0) is 55.7 Å². The first-order chi connectivity index (χ1) is 9.70. The molecular weight excluding hydrogens is 270 g/mol. The molecule has 0 atom stereocenters. The molecule has 1 amide bonds. The molecule has 4 nitrogen and oxygen atoms in total. The third kappa shape index (κ3) is 3.93. The first-order valence-corrected chi connectivity index (χ1v) is 7.55. The summed E-state index contributed by atoms with van der Waals surface area (Å²) >= 11 is 5.18. The molecule has 0 bridgehead atoms. The Hall–Kier alpha value is -1.62. The lowest BCUT2D eigenvalue weighted by molar-refractivity contribution is 0.0793. The summed E-state index contributed by atoms with van der Waals surface area (Å²) in [7, 11) is 0. The standard InChI is InChI=1S/C15H21N3OS/c1-2-9-16-15(20)17-13-7-5-12(6-8-13)14(19)18-10-3-4-11-18/h5-8H,2-4,9-11H2,1H3,(H2,16,17,20). The fourth-order valence-electron chi connectivity index (χ4n) is 2.21. The molecule has 1 aromatic carbocycles. The van der Waals surface area contributed by atoms with Gasteiger partial charge in [0.15, 0.2) is 5.11 Å². The van der Waals surface area contributed by atoms with Crippen LogP contribution in [-0.2, 0) is 0 Å². The second kappa shape index (κ2) is 7.24. The van der Waals surface area contributed by atoms with Crippen molar-refractivity contribution in [2.24, 2.45) is 0 Å². The number of likely N-dealkylation sites (tertiary alicyclic amines) is 1. The van der Waals surface area contributed by atoms with Gasteiger partial charge in [0.2, 0.25) is 0 Å². The van der Waals surface area contributed by atoms with Crippen molar-refractivity contribution >= 4 is 28.9 Å². The van der Waals surface area contributed by atoms with Crippen LogP contribution in [0.5, 0.6) is 0 Å². The van der Waals surface area contributed by atoms with E-state index in [1.54, 1.807) is 0 Å². The molecule has 108 valence electrons. The van der Waals surface area contributed by atoms with E-state index in [0.29, 0.717) is 5.11 Å². The Morgan fingerprint density at radius 3 is 2.50 bits per heavy atom. The molecular formula is C15H21N3OS. The van der Waals surface area contributed by atoms with Gasteiger partial charge < -0.3 is 15.5 Å². The van der Waals surface area contributed by atoms with Gasteiger partial charge >= 0.3 is 0 Å². The van der Waals surface area contributed by atoms with Crippen molar-refractivity contribution in [2.45, 2.75) is 26.2 Å². The van der Waals surface area contributed by atoms with Crippen LogP contribution < -0.4 is 10.6 Å². The highest BCUT2D eigenvalue weighted by Crippen LogP contribution is 2.15. The van der Waals surface area contributed by atoms with E-state index in [4.69, 9.17) is 12.2 Å². The molecule has 20 heavy (non-hydrogen) atoms. The van der Waals surface area contributed by atoms with Crippen molar-refractivity contribution in [1.82, 2.24) is 10.2 Å². The molecule has 0 spiro atoms. The zero-order chi connectivity index (χ0) is 14.4. The normalized spacial score (nSPS) is 14.2. The maximum absolute atomic E-state index is 12.2. The van der Waals surface area contributed by atoms with Crippen LogP contribution in [0.4, 0.5) is 5.69 Å². The maximum atomic E-state index is 12.2. The molecule has 0 aliphatic carbocycles. The Labute approximate surface area is 125 Å². The highest BCUT2D eigenvalue weighted by Gasteiger charge is 2.19. The van der Waals surface area contributed by atoms with Gasteiger partial charge in [0.05, 0.1) is 0 Å². The summed E-state index contributed by atoms with van der Waals surface area (Å²) in [6.07, 6.45) is 3.26. The molecule has 2 N–H and O–H groups in total. The molecule has 1 aromatic rings. The van der Waals surface area contributed by atoms with E-state index in [1.165, 1.54) is 0 Å². The van der Waals surface area contributed by atoms with E-state index in [2.05, 4.69) is 17.6 Å². The second-order valence-electron chi connectivity index (χ2n) is 4.96. The fraction of sp³-hybridized carbons (Fsp3) is 0.467. The summed E-state index contributed by atoms with van der Waals surface area (Å²) in [5.41, 5.74) is 1.64. The van der Waals surface area contributed by atoms with E-state index >= 15 is 0 Å².